The summed E-state index contributed by atoms with van der Waals surface area (Å²) in [7, 11) is 0. The number of aliphatic hydroxyl groups is 1. The van der Waals surface area contributed by atoms with E-state index in [1.807, 2.05) is 6.07 Å². The number of hydrogen-bond donors (Lipinski definition) is 1. The first-order valence-corrected chi connectivity index (χ1v) is 11.3. The van der Waals surface area contributed by atoms with Crippen molar-refractivity contribution in [3.05, 3.63) is 107 Å². The van der Waals surface area contributed by atoms with Crippen LogP contribution in [0.4, 0.5) is 0 Å². The van der Waals surface area contributed by atoms with Gasteiger partial charge in [-0.15, -0.1) is 0 Å². The van der Waals surface area contributed by atoms with Gasteiger partial charge in [-0.1, -0.05) is 98.3 Å². The summed E-state index contributed by atoms with van der Waals surface area (Å²) >= 11 is 0. The fraction of sp³-hybridized carbons (Fsp3) is 0.200. The second kappa shape index (κ2) is 7.83. The van der Waals surface area contributed by atoms with Gasteiger partial charge in [0.1, 0.15) is 6.10 Å². The molecule has 0 spiro atoms. The summed E-state index contributed by atoms with van der Waals surface area (Å²) in [6.45, 7) is 6.61. The molecule has 1 atom stereocenters. The van der Waals surface area contributed by atoms with E-state index in [-0.39, 0.29) is 0 Å². The van der Waals surface area contributed by atoms with Crippen molar-refractivity contribution in [3.63, 3.8) is 0 Å². The molecule has 4 aromatic carbocycles. The second-order valence-electron chi connectivity index (χ2n) is 8.42. The van der Waals surface area contributed by atoms with Gasteiger partial charge in [0.25, 0.3) is 0 Å². The molecule has 31 heavy (non-hydrogen) atoms. The van der Waals surface area contributed by atoms with E-state index in [2.05, 4.69) is 93.6 Å². The van der Waals surface area contributed by atoms with Gasteiger partial charge in [0.05, 0.1) is 0 Å². The Balaban J connectivity index is 1.97. The Morgan fingerprint density at radius 1 is 0.645 bits per heavy atom. The molecule has 1 unspecified atom stereocenters. The third kappa shape index (κ3) is 3.04. The molecule has 0 amide bonds. The Labute approximate surface area is 185 Å². The van der Waals surface area contributed by atoms with Crippen LogP contribution in [0.5, 0.6) is 0 Å². The average molecular weight is 405 g/mol. The topological polar surface area (TPSA) is 20.2 Å². The van der Waals surface area contributed by atoms with E-state index < -0.39 is 6.10 Å². The highest BCUT2D eigenvalue weighted by atomic mass is 16.3. The standard InChI is InChI=1S/C30H28O/c1-4-22-23(5-2)27(21-17-15-19(3)16-18-21)29-28(26(22)20-11-7-6-8-12-20)24-13-9-10-14-25(24)30(29)31/h6-18,30-31H,4-5H2,1-3H3. The predicted octanol–water partition coefficient (Wildman–Crippen LogP) is 7.52. The molecular weight excluding hydrogens is 376 g/mol. The number of hydrogen-bond acceptors (Lipinski definition) is 1. The first-order valence-electron chi connectivity index (χ1n) is 11.3. The van der Waals surface area contributed by atoms with Crippen LogP contribution in [0, 0.1) is 6.92 Å². The van der Waals surface area contributed by atoms with Gasteiger partial charge >= 0.3 is 0 Å². The lowest BCUT2D eigenvalue weighted by Gasteiger charge is -2.25. The number of aryl methyl sites for hydroxylation is 1. The summed E-state index contributed by atoms with van der Waals surface area (Å²) in [6.07, 6.45) is 1.28. The lowest BCUT2D eigenvalue weighted by Crippen LogP contribution is -2.06. The fourth-order valence-corrected chi connectivity index (χ4v) is 5.30. The van der Waals surface area contributed by atoms with E-state index >= 15 is 0 Å². The van der Waals surface area contributed by atoms with Crippen LogP contribution in [0.25, 0.3) is 33.4 Å². The van der Waals surface area contributed by atoms with Gasteiger partial charge in [-0.3, -0.25) is 0 Å². The Morgan fingerprint density at radius 2 is 1.23 bits per heavy atom. The molecule has 1 N–H and O–H groups in total. The van der Waals surface area contributed by atoms with Crippen LogP contribution >= 0.6 is 0 Å². The molecule has 1 heteroatoms. The maximum absolute atomic E-state index is 11.6. The predicted molar refractivity (Wildman–Crippen MR) is 130 cm³/mol. The largest absolute Gasteiger partial charge is 0.384 e. The molecular formula is C30H28O. The van der Waals surface area contributed by atoms with E-state index in [0.29, 0.717) is 0 Å². The molecule has 0 aliphatic heterocycles. The zero-order valence-electron chi connectivity index (χ0n) is 18.4. The third-order valence-electron chi connectivity index (χ3n) is 6.66. The van der Waals surface area contributed by atoms with Gasteiger partial charge in [-0.2, -0.15) is 0 Å². The Bertz CT molecular complexity index is 1250. The highest BCUT2D eigenvalue weighted by Gasteiger charge is 2.35. The summed E-state index contributed by atoms with van der Waals surface area (Å²) < 4.78 is 0. The molecule has 4 aromatic rings. The van der Waals surface area contributed by atoms with Gasteiger partial charge < -0.3 is 5.11 Å². The van der Waals surface area contributed by atoms with Crippen LogP contribution in [-0.2, 0) is 12.8 Å². The first kappa shape index (κ1) is 19.8. The molecule has 0 saturated heterocycles. The third-order valence-corrected chi connectivity index (χ3v) is 6.66. The highest BCUT2D eigenvalue weighted by molar-refractivity contribution is 5.98. The van der Waals surface area contributed by atoms with Crippen LogP contribution in [0.15, 0.2) is 78.9 Å². The summed E-state index contributed by atoms with van der Waals surface area (Å²) in [5.74, 6) is 0. The molecule has 5 rings (SSSR count). The van der Waals surface area contributed by atoms with Crippen molar-refractivity contribution in [2.45, 2.75) is 39.7 Å². The second-order valence-corrected chi connectivity index (χ2v) is 8.42. The number of benzene rings is 4. The van der Waals surface area contributed by atoms with E-state index in [1.165, 1.54) is 44.5 Å². The molecule has 0 saturated carbocycles. The number of rotatable bonds is 4. The minimum atomic E-state index is -0.610. The summed E-state index contributed by atoms with van der Waals surface area (Å²) in [5, 5.41) is 11.6. The zero-order valence-corrected chi connectivity index (χ0v) is 18.4. The van der Waals surface area contributed by atoms with E-state index in [1.54, 1.807) is 0 Å². The minimum Gasteiger partial charge on any atom is -0.384 e. The van der Waals surface area contributed by atoms with Crippen LogP contribution in [0.2, 0.25) is 0 Å². The molecule has 0 fully saturated rings. The van der Waals surface area contributed by atoms with E-state index in [0.717, 1.165) is 29.5 Å². The summed E-state index contributed by atoms with van der Waals surface area (Å²) in [5.41, 5.74) is 13.4. The van der Waals surface area contributed by atoms with Crippen molar-refractivity contribution in [3.8, 4) is 33.4 Å². The fourth-order valence-electron chi connectivity index (χ4n) is 5.30. The van der Waals surface area contributed by atoms with E-state index in [4.69, 9.17) is 0 Å². The number of fused-ring (bicyclic) bond motifs is 3. The zero-order chi connectivity index (χ0) is 21.5. The van der Waals surface area contributed by atoms with Gasteiger partial charge in [0.2, 0.25) is 0 Å². The van der Waals surface area contributed by atoms with E-state index in [9.17, 15) is 5.11 Å². The Morgan fingerprint density at radius 3 is 1.90 bits per heavy atom. The molecule has 1 aliphatic carbocycles. The summed E-state index contributed by atoms with van der Waals surface area (Å²) in [4.78, 5) is 0. The smallest absolute Gasteiger partial charge is 0.106 e. The van der Waals surface area contributed by atoms with Gasteiger partial charge in [-0.25, -0.2) is 0 Å². The minimum absolute atomic E-state index is 0.610. The van der Waals surface area contributed by atoms with Crippen molar-refractivity contribution in [1.82, 2.24) is 0 Å². The van der Waals surface area contributed by atoms with Crippen molar-refractivity contribution >= 4 is 0 Å². The van der Waals surface area contributed by atoms with Gasteiger partial charge in [-0.05, 0) is 69.8 Å². The molecule has 1 aliphatic rings. The monoisotopic (exact) mass is 404 g/mol. The SMILES string of the molecule is CCc1c(CC)c(-c2ccc(C)cc2)c2c(c1-c1ccccc1)-c1ccccc1C2O. The summed E-state index contributed by atoms with van der Waals surface area (Å²) in [6, 6.07) is 27.8. The normalized spacial score (nSPS) is 14.4. The molecule has 0 heterocycles. The molecule has 0 aromatic heterocycles. The lowest BCUT2D eigenvalue weighted by molar-refractivity contribution is 0.225. The van der Waals surface area contributed by atoms with Crippen LogP contribution in [0.3, 0.4) is 0 Å². The van der Waals surface area contributed by atoms with Crippen LogP contribution < -0.4 is 0 Å². The van der Waals surface area contributed by atoms with Crippen molar-refractivity contribution in [2.24, 2.45) is 0 Å². The van der Waals surface area contributed by atoms with Crippen molar-refractivity contribution in [2.75, 3.05) is 0 Å². The van der Waals surface area contributed by atoms with Crippen molar-refractivity contribution < 1.29 is 5.11 Å². The van der Waals surface area contributed by atoms with Crippen LogP contribution in [0.1, 0.15) is 47.8 Å². The average Bonchev–Trinajstić information content (AvgIpc) is 3.11. The maximum Gasteiger partial charge on any atom is 0.106 e. The Kier molecular flexibility index (Phi) is 5.00. The quantitative estimate of drug-likeness (QED) is 0.373. The first-order chi connectivity index (χ1) is 15.2. The van der Waals surface area contributed by atoms with Crippen molar-refractivity contribution in [1.29, 1.82) is 0 Å². The number of aliphatic hydroxyl groups excluding tert-OH is 1. The van der Waals surface area contributed by atoms with Gasteiger partial charge in [0, 0.05) is 5.56 Å². The molecule has 1 nitrogen and oxygen atoms in total. The molecule has 0 bridgehead atoms. The molecule has 0 radical (unpaired) electrons. The Hall–Kier alpha value is -3.16. The lowest BCUT2D eigenvalue weighted by atomic mass is 9.79. The maximum atomic E-state index is 11.6. The van der Waals surface area contributed by atoms with Crippen LogP contribution in [-0.4, -0.2) is 5.11 Å². The van der Waals surface area contributed by atoms with Gasteiger partial charge in [0.15, 0.2) is 0 Å². The molecule has 154 valence electrons. The highest BCUT2D eigenvalue weighted by Crippen LogP contribution is 2.54.